The number of ether oxygens (including phenoxy) is 2. The lowest BCUT2D eigenvalue weighted by atomic mass is 10.1. The Morgan fingerprint density at radius 3 is 2.09 bits per heavy atom. The van der Waals surface area contributed by atoms with Crippen LogP contribution in [0.3, 0.4) is 0 Å². The van der Waals surface area contributed by atoms with Crippen molar-refractivity contribution in [2.45, 2.75) is 12.8 Å². The van der Waals surface area contributed by atoms with E-state index >= 15 is 0 Å². The van der Waals surface area contributed by atoms with Crippen LogP contribution in [-0.4, -0.2) is 45.4 Å². The maximum Gasteiger partial charge on any atom is 0.133 e. The van der Waals surface area contributed by atoms with Gasteiger partial charge >= 0.3 is 0 Å². The van der Waals surface area contributed by atoms with Crippen LogP contribution in [0.15, 0.2) is 69.1 Å². The van der Waals surface area contributed by atoms with Gasteiger partial charge in [0.05, 0.1) is 23.2 Å². The summed E-state index contributed by atoms with van der Waals surface area (Å²) in [5, 5.41) is 8.23. The molecule has 0 saturated heterocycles. The minimum absolute atomic E-state index is 0.492. The highest BCUT2D eigenvalue weighted by atomic mass is 79.9. The molecule has 0 unspecified atom stereocenters. The topological polar surface area (TPSA) is 124 Å². The fourth-order valence-electron chi connectivity index (χ4n) is 3.20. The van der Waals surface area contributed by atoms with E-state index in [1.165, 1.54) is 5.56 Å². The molecule has 0 atom stereocenters. The Labute approximate surface area is 218 Å². The lowest BCUT2D eigenvalue weighted by molar-refractivity contribution is 0.392. The summed E-state index contributed by atoms with van der Waals surface area (Å²) < 4.78 is 12.4. The molecule has 0 fully saturated rings. The molecule has 0 amide bonds. The maximum atomic E-state index is 6.11. The first-order chi connectivity index (χ1) is 16.4. The number of rotatable bonds is 14. The quantitative estimate of drug-likeness (QED) is 0.166. The first kappa shape index (κ1) is 27.8. The molecule has 2 rings (SSSR count). The Morgan fingerprint density at radius 1 is 0.971 bits per heavy atom. The van der Waals surface area contributed by atoms with E-state index in [2.05, 4.69) is 48.6 Å². The largest absolute Gasteiger partial charge is 0.496 e. The highest BCUT2D eigenvalue weighted by Crippen LogP contribution is 2.26. The van der Waals surface area contributed by atoms with Crippen molar-refractivity contribution in [3.63, 3.8) is 0 Å². The Hall–Kier alpha value is -2.40. The van der Waals surface area contributed by atoms with E-state index in [0.29, 0.717) is 25.3 Å². The highest BCUT2D eigenvalue weighted by Gasteiger charge is 2.04. The van der Waals surface area contributed by atoms with Crippen LogP contribution in [0.1, 0.15) is 11.1 Å². The van der Waals surface area contributed by atoms with Gasteiger partial charge in [0.1, 0.15) is 11.5 Å². The third kappa shape index (κ3) is 9.46. The Kier molecular flexibility index (Phi) is 12.1. The average Bonchev–Trinajstić information content (AvgIpc) is 2.82. The van der Waals surface area contributed by atoms with E-state index in [9.17, 15) is 0 Å². The number of nitrogens with two attached hydrogens (primary N) is 3. The third-order valence-electron chi connectivity index (χ3n) is 5.03. The minimum atomic E-state index is 0.492. The van der Waals surface area contributed by atoms with Gasteiger partial charge in [-0.15, -0.1) is 0 Å². The van der Waals surface area contributed by atoms with Crippen molar-refractivity contribution in [2.75, 3.05) is 40.4 Å². The molecular formula is C24H34Br2N6O2. The number of hydrazine groups is 1. The Bertz CT molecular complexity index is 984. The van der Waals surface area contributed by atoms with Gasteiger partial charge in [0.25, 0.3) is 0 Å². The second-order valence-corrected chi connectivity index (χ2v) is 9.31. The molecule has 0 aliphatic rings. The van der Waals surface area contributed by atoms with Crippen LogP contribution in [0.2, 0.25) is 0 Å². The molecule has 0 aliphatic heterocycles. The number of hydrogen-bond acceptors (Lipinski definition) is 8. The number of benzene rings is 2. The SMILES string of the molecule is COc1ccc(CCN/C(=C\N)CNC/C(N)=C/N(N)CCc2ccc(OC)c(Br)c2)cc1Br. The smallest absolute Gasteiger partial charge is 0.133 e. The Morgan fingerprint density at radius 2 is 1.56 bits per heavy atom. The summed E-state index contributed by atoms with van der Waals surface area (Å²) in [6.45, 7) is 2.46. The first-order valence-corrected chi connectivity index (χ1v) is 12.4. The summed E-state index contributed by atoms with van der Waals surface area (Å²) >= 11 is 7.01. The minimum Gasteiger partial charge on any atom is -0.496 e. The molecule has 0 radical (unpaired) electrons. The Balaban J connectivity index is 1.69. The molecule has 186 valence electrons. The summed E-state index contributed by atoms with van der Waals surface area (Å²) in [5.41, 5.74) is 15.8. The second kappa shape index (κ2) is 14.8. The van der Waals surface area contributed by atoms with Crippen LogP contribution < -0.4 is 37.4 Å². The predicted molar refractivity (Wildman–Crippen MR) is 145 cm³/mol. The van der Waals surface area contributed by atoms with Crippen LogP contribution in [0.25, 0.3) is 0 Å². The van der Waals surface area contributed by atoms with E-state index < -0.39 is 0 Å². The summed E-state index contributed by atoms with van der Waals surface area (Å²) in [6, 6.07) is 12.0. The lowest BCUT2D eigenvalue weighted by Crippen LogP contribution is -2.33. The van der Waals surface area contributed by atoms with Gasteiger partial charge in [-0.1, -0.05) is 12.1 Å². The summed E-state index contributed by atoms with van der Waals surface area (Å²) in [5.74, 6) is 7.70. The maximum absolute atomic E-state index is 6.11. The van der Waals surface area contributed by atoms with E-state index in [0.717, 1.165) is 51.1 Å². The van der Waals surface area contributed by atoms with Gasteiger partial charge < -0.3 is 36.6 Å². The van der Waals surface area contributed by atoms with Crippen molar-refractivity contribution in [1.29, 1.82) is 0 Å². The van der Waals surface area contributed by atoms with Crippen LogP contribution in [-0.2, 0) is 12.8 Å². The van der Waals surface area contributed by atoms with Crippen molar-refractivity contribution in [3.05, 3.63) is 80.3 Å². The summed E-state index contributed by atoms with van der Waals surface area (Å²) in [7, 11) is 3.30. The van der Waals surface area contributed by atoms with Gasteiger partial charge in [-0.05, 0) is 80.1 Å². The second-order valence-electron chi connectivity index (χ2n) is 7.60. The van der Waals surface area contributed by atoms with E-state index in [-0.39, 0.29) is 0 Å². The zero-order chi connectivity index (χ0) is 24.9. The van der Waals surface area contributed by atoms with Crippen LogP contribution >= 0.6 is 31.9 Å². The predicted octanol–water partition coefficient (Wildman–Crippen LogP) is 2.97. The van der Waals surface area contributed by atoms with E-state index in [1.807, 2.05) is 30.3 Å². The third-order valence-corrected chi connectivity index (χ3v) is 6.27. The van der Waals surface area contributed by atoms with Crippen molar-refractivity contribution >= 4 is 31.9 Å². The number of hydrogen-bond donors (Lipinski definition) is 5. The standard InChI is InChI=1S/C24H34Br2N6O2/c1-33-23-5-3-17(11-21(23)25)7-9-31-20(13-27)15-30-14-19(28)16-32(29)10-8-18-4-6-24(34-2)22(26)12-18/h3-6,11-13,16,30-31H,7-10,14-15,27-29H2,1-2H3/b19-16-,20-13-. The summed E-state index contributed by atoms with van der Waals surface area (Å²) in [6.07, 6.45) is 4.95. The van der Waals surface area contributed by atoms with Crippen molar-refractivity contribution in [1.82, 2.24) is 15.6 Å². The molecule has 0 aliphatic carbocycles. The van der Waals surface area contributed by atoms with Crippen molar-refractivity contribution in [3.8, 4) is 11.5 Å². The zero-order valence-electron chi connectivity index (χ0n) is 19.6. The fourth-order valence-corrected chi connectivity index (χ4v) is 4.38. The number of nitrogens with zero attached hydrogens (tertiary/aromatic N) is 1. The number of halogens is 2. The zero-order valence-corrected chi connectivity index (χ0v) is 22.8. The first-order valence-electron chi connectivity index (χ1n) is 10.8. The molecule has 0 saturated carbocycles. The molecule has 2 aromatic carbocycles. The van der Waals surface area contributed by atoms with Crippen LogP contribution in [0.5, 0.6) is 11.5 Å². The van der Waals surface area contributed by atoms with Crippen molar-refractivity contribution in [2.24, 2.45) is 17.3 Å². The molecule has 0 aromatic heterocycles. The van der Waals surface area contributed by atoms with Gasteiger partial charge in [0, 0.05) is 50.0 Å². The van der Waals surface area contributed by atoms with Gasteiger partial charge in [0.2, 0.25) is 0 Å². The molecule has 2 aromatic rings. The van der Waals surface area contributed by atoms with Gasteiger partial charge in [-0.25, -0.2) is 5.84 Å². The normalized spacial score (nSPS) is 11.9. The van der Waals surface area contributed by atoms with Gasteiger partial charge in [0.15, 0.2) is 0 Å². The van der Waals surface area contributed by atoms with Crippen LogP contribution in [0, 0.1) is 0 Å². The molecule has 8 nitrogen and oxygen atoms in total. The molecule has 0 spiro atoms. The molecule has 10 heteroatoms. The monoisotopic (exact) mass is 596 g/mol. The number of nitrogens with one attached hydrogen (secondary N) is 2. The van der Waals surface area contributed by atoms with E-state index in [1.54, 1.807) is 31.6 Å². The molecule has 34 heavy (non-hydrogen) atoms. The van der Waals surface area contributed by atoms with E-state index in [4.69, 9.17) is 26.8 Å². The van der Waals surface area contributed by atoms with Gasteiger partial charge in [-0.3, -0.25) is 0 Å². The fraction of sp³-hybridized carbons (Fsp3) is 0.333. The molecule has 0 heterocycles. The molecule has 0 bridgehead atoms. The number of methoxy groups -OCH3 is 2. The summed E-state index contributed by atoms with van der Waals surface area (Å²) in [4.78, 5) is 0. The van der Waals surface area contributed by atoms with Crippen LogP contribution in [0.4, 0.5) is 0 Å². The molecule has 8 N–H and O–H groups in total. The molecular weight excluding hydrogens is 564 g/mol. The lowest BCUT2D eigenvalue weighted by Gasteiger charge is -2.16. The van der Waals surface area contributed by atoms with Gasteiger partial charge in [-0.2, -0.15) is 0 Å². The average molecular weight is 598 g/mol. The van der Waals surface area contributed by atoms with Crippen molar-refractivity contribution < 1.29 is 9.47 Å². The highest BCUT2D eigenvalue weighted by molar-refractivity contribution is 9.10.